The molecule has 2 N–H and O–H groups in total. The third-order valence-corrected chi connectivity index (χ3v) is 6.15. The number of nitrogens with two attached hydrogens (primary N) is 1. The summed E-state index contributed by atoms with van der Waals surface area (Å²) in [6.45, 7) is 4.25. The first-order valence-electron chi connectivity index (χ1n) is 5.73. The Kier molecular flexibility index (Phi) is 4.64. The van der Waals surface area contributed by atoms with Gasteiger partial charge in [-0.3, -0.25) is 0 Å². The highest BCUT2D eigenvalue weighted by Gasteiger charge is 2.12. The van der Waals surface area contributed by atoms with Crippen molar-refractivity contribution in [3.05, 3.63) is 54.1 Å². The first-order valence-corrected chi connectivity index (χ1v) is 8.13. The number of thiophene rings is 1. The van der Waals surface area contributed by atoms with Gasteiger partial charge in [0, 0.05) is 15.4 Å². The van der Waals surface area contributed by atoms with Crippen LogP contribution in [0.15, 0.2) is 32.5 Å². The molecule has 1 aromatic heterocycles. The van der Waals surface area contributed by atoms with Gasteiger partial charge in [-0.25, -0.2) is 0 Å². The van der Waals surface area contributed by atoms with Crippen LogP contribution in [-0.2, 0) is 6.42 Å². The molecule has 0 saturated carbocycles. The van der Waals surface area contributed by atoms with E-state index in [4.69, 9.17) is 5.73 Å². The van der Waals surface area contributed by atoms with Crippen molar-refractivity contribution in [1.29, 1.82) is 0 Å². The van der Waals surface area contributed by atoms with E-state index in [0.29, 0.717) is 0 Å². The van der Waals surface area contributed by atoms with Crippen LogP contribution in [0, 0.1) is 13.8 Å². The first kappa shape index (κ1) is 14.3. The third kappa shape index (κ3) is 3.44. The van der Waals surface area contributed by atoms with Crippen LogP contribution in [-0.4, -0.2) is 0 Å². The molecule has 96 valence electrons. The zero-order valence-electron chi connectivity index (χ0n) is 10.3. The Labute approximate surface area is 129 Å². The summed E-state index contributed by atoms with van der Waals surface area (Å²) in [6, 6.07) is 8.77. The fraction of sp³-hybridized carbons (Fsp3) is 0.286. The maximum Gasteiger partial charge on any atom is 0.0843 e. The van der Waals surface area contributed by atoms with Gasteiger partial charge in [-0.2, -0.15) is 0 Å². The molecule has 1 atom stereocenters. The van der Waals surface area contributed by atoms with Crippen molar-refractivity contribution in [1.82, 2.24) is 0 Å². The van der Waals surface area contributed by atoms with Gasteiger partial charge < -0.3 is 5.73 Å². The molecule has 2 aromatic rings. The number of hydrogen-bond donors (Lipinski definition) is 1. The predicted octanol–water partition coefficient (Wildman–Crippen LogP) is 5.13. The van der Waals surface area contributed by atoms with Gasteiger partial charge in [0.15, 0.2) is 0 Å². The Morgan fingerprint density at radius 1 is 1.11 bits per heavy atom. The third-order valence-electron chi connectivity index (χ3n) is 2.77. The summed E-state index contributed by atoms with van der Waals surface area (Å²) in [4.78, 5) is 1.20. The van der Waals surface area contributed by atoms with Crippen LogP contribution in [0.25, 0.3) is 0 Å². The van der Waals surface area contributed by atoms with Crippen LogP contribution in [0.2, 0.25) is 0 Å². The smallest absolute Gasteiger partial charge is 0.0843 e. The molecule has 0 saturated heterocycles. The molecular weight excluding hydrogens is 374 g/mol. The molecule has 1 unspecified atom stereocenters. The number of rotatable bonds is 3. The van der Waals surface area contributed by atoms with Crippen molar-refractivity contribution < 1.29 is 0 Å². The van der Waals surface area contributed by atoms with Crippen LogP contribution in [0.4, 0.5) is 0 Å². The van der Waals surface area contributed by atoms with Gasteiger partial charge >= 0.3 is 0 Å². The molecular formula is C14H15Br2NS. The summed E-state index contributed by atoms with van der Waals surface area (Å²) in [5.74, 6) is 0. The molecule has 18 heavy (non-hydrogen) atoms. The standard InChI is InChI=1S/C14H15Br2NS/c1-8-3-9(2)5-10(4-8)6-12(17)13-7-11(15)14(16)18-13/h3-5,7,12H,6,17H2,1-2H3. The van der Waals surface area contributed by atoms with E-state index < -0.39 is 0 Å². The number of halogens is 2. The van der Waals surface area contributed by atoms with E-state index in [0.717, 1.165) is 14.7 Å². The molecule has 0 fully saturated rings. The largest absolute Gasteiger partial charge is 0.323 e. The molecule has 1 heterocycles. The normalized spacial score (nSPS) is 12.7. The maximum atomic E-state index is 6.28. The van der Waals surface area contributed by atoms with Gasteiger partial charge in [0.05, 0.1) is 3.79 Å². The number of benzene rings is 1. The number of hydrogen-bond acceptors (Lipinski definition) is 2. The lowest BCUT2D eigenvalue weighted by Gasteiger charge is -2.11. The Hall–Kier alpha value is -0.160. The average Bonchev–Trinajstić information content (AvgIpc) is 2.57. The Morgan fingerprint density at radius 3 is 2.22 bits per heavy atom. The molecule has 0 aliphatic rings. The summed E-state index contributed by atoms with van der Waals surface area (Å²) in [5.41, 5.74) is 10.2. The van der Waals surface area contributed by atoms with E-state index in [-0.39, 0.29) is 6.04 Å². The number of aryl methyl sites for hydroxylation is 2. The van der Waals surface area contributed by atoms with Crippen LogP contribution >= 0.6 is 43.2 Å². The lowest BCUT2D eigenvalue weighted by molar-refractivity contribution is 0.735. The van der Waals surface area contributed by atoms with Crippen molar-refractivity contribution in [2.45, 2.75) is 26.3 Å². The average molecular weight is 389 g/mol. The molecule has 0 bridgehead atoms. The zero-order chi connectivity index (χ0) is 13.3. The van der Waals surface area contributed by atoms with Crippen LogP contribution in [0.1, 0.15) is 27.6 Å². The second kappa shape index (κ2) is 5.87. The summed E-state index contributed by atoms with van der Waals surface area (Å²) >= 11 is 8.70. The monoisotopic (exact) mass is 387 g/mol. The topological polar surface area (TPSA) is 26.0 Å². The van der Waals surface area contributed by atoms with Gasteiger partial charge in [0.1, 0.15) is 0 Å². The predicted molar refractivity (Wildman–Crippen MR) is 86.3 cm³/mol. The van der Waals surface area contributed by atoms with Gasteiger partial charge in [-0.05, 0) is 63.8 Å². The van der Waals surface area contributed by atoms with Crippen LogP contribution in [0.5, 0.6) is 0 Å². The van der Waals surface area contributed by atoms with Gasteiger partial charge in [-0.1, -0.05) is 29.3 Å². The fourth-order valence-corrected chi connectivity index (χ4v) is 4.18. The molecule has 0 aliphatic carbocycles. The molecule has 4 heteroatoms. The van der Waals surface area contributed by atoms with E-state index in [9.17, 15) is 0 Å². The quantitative estimate of drug-likeness (QED) is 0.774. The van der Waals surface area contributed by atoms with E-state index in [1.165, 1.54) is 21.6 Å². The van der Waals surface area contributed by atoms with Gasteiger partial charge in [0.25, 0.3) is 0 Å². The highest BCUT2D eigenvalue weighted by molar-refractivity contribution is 9.13. The van der Waals surface area contributed by atoms with Crippen LogP contribution in [0.3, 0.4) is 0 Å². The lowest BCUT2D eigenvalue weighted by atomic mass is 10.0. The minimum atomic E-state index is 0.0544. The first-order chi connectivity index (χ1) is 8.45. The Balaban J connectivity index is 2.18. The van der Waals surface area contributed by atoms with E-state index in [2.05, 4.69) is 70.0 Å². The minimum Gasteiger partial charge on any atom is -0.323 e. The highest BCUT2D eigenvalue weighted by Crippen LogP contribution is 2.35. The van der Waals surface area contributed by atoms with Crippen molar-refractivity contribution in [3.63, 3.8) is 0 Å². The van der Waals surface area contributed by atoms with Crippen molar-refractivity contribution >= 4 is 43.2 Å². The molecule has 0 amide bonds. The molecule has 1 aromatic carbocycles. The summed E-state index contributed by atoms with van der Waals surface area (Å²) in [7, 11) is 0. The Morgan fingerprint density at radius 2 is 1.72 bits per heavy atom. The van der Waals surface area contributed by atoms with Gasteiger partial charge in [-0.15, -0.1) is 11.3 Å². The lowest BCUT2D eigenvalue weighted by Crippen LogP contribution is -2.11. The van der Waals surface area contributed by atoms with Crippen LogP contribution < -0.4 is 5.73 Å². The van der Waals surface area contributed by atoms with Gasteiger partial charge in [0.2, 0.25) is 0 Å². The molecule has 0 radical (unpaired) electrons. The molecule has 0 spiro atoms. The second-order valence-corrected chi connectivity index (χ2v) is 7.83. The van der Waals surface area contributed by atoms with Crippen molar-refractivity contribution in [2.24, 2.45) is 5.73 Å². The zero-order valence-corrected chi connectivity index (χ0v) is 14.3. The summed E-state index contributed by atoms with van der Waals surface area (Å²) in [5, 5.41) is 0. The Bertz CT molecular complexity index is 523. The molecule has 2 rings (SSSR count). The molecule has 1 nitrogen and oxygen atoms in total. The highest BCUT2D eigenvalue weighted by atomic mass is 79.9. The SMILES string of the molecule is Cc1cc(C)cc(CC(N)c2cc(Br)c(Br)s2)c1. The minimum absolute atomic E-state index is 0.0544. The van der Waals surface area contributed by atoms with Crippen molar-refractivity contribution in [3.8, 4) is 0 Å². The molecule has 0 aliphatic heterocycles. The summed E-state index contributed by atoms with van der Waals surface area (Å²) < 4.78 is 2.19. The van der Waals surface area contributed by atoms with E-state index in [1.54, 1.807) is 11.3 Å². The van der Waals surface area contributed by atoms with E-state index in [1.807, 2.05) is 0 Å². The fourth-order valence-electron chi connectivity index (χ4n) is 2.09. The summed E-state index contributed by atoms with van der Waals surface area (Å²) in [6.07, 6.45) is 0.877. The van der Waals surface area contributed by atoms with Crippen molar-refractivity contribution in [2.75, 3.05) is 0 Å². The second-order valence-electron chi connectivity index (χ2n) is 4.58. The van der Waals surface area contributed by atoms with E-state index >= 15 is 0 Å². The maximum absolute atomic E-state index is 6.28.